The standard InChI is InChI=1S/C20H16ClN5O2/c1-12-3-8-16(9-13(12)2)26-19-18(23-24-26)20(28)25(11-22-19)10-17(27)14-4-6-15(21)7-5-14/h3-9,11H,10H2,1-2H3. The van der Waals surface area contributed by atoms with Crippen molar-refractivity contribution in [2.45, 2.75) is 20.4 Å². The van der Waals surface area contributed by atoms with Crippen LogP contribution in [0.15, 0.2) is 53.6 Å². The van der Waals surface area contributed by atoms with Crippen LogP contribution < -0.4 is 5.56 Å². The lowest BCUT2D eigenvalue weighted by molar-refractivity contribution is 0.0970. The number of hydrogen-bond acceptors (Lipinski definition) is 5. The maximum absolute atomic E-state index is 12.7. The Kier molecular flexibility index (Phi) is 4.52. The number of carbonyl (C=O) groups excluding carboxylic acids is 1. The number of carbonyl (C=O) groups is 1. The van der Waals surface area contributed by atoms with Gasteiger partial charge in [0.05, 0.1) is 12.2 Å². The van der Waals surface area contributed by atoms with Crippen molar-refractivity contribution >= 4 is 28.5 Å². The fourth-order valence-electron chi connectivity index (χ4n) is 2.87. The van der Waals surface area contributed by atoms with Crippen LogP contribution in [0.5, 0.6) is 0 Å². The van der Waals surface area contributed by atoms with Crippen LogP contribution in [0.1, 0.15) is 21.5 Å². The first-order chi connectivity index (χ1) is 13.4. The fraction of sp³-hybridized carbons (Fsp3) is 0.150. The van der Waals surface area contributed by atoms with Gasteiger partial charge in [0.1, 0.15) is 6.33 Å². The summed E-state index contributed by atoms with van der Waals surface area (Å²) < 4.78 is 2.76. The van der Waals surface area contributed by atoms with Crippen molar-refractivity contribution in [1.29, 1.82) is 0 Å². The predicted octanol–water partition coefficient (Wildman–Crippen LogP) is 3.13. The Labute approximate surface area is 165 Å². The summed E-state index contributed by atoms with van der Waals surface area (Å²) in [6.07, 6.45) is 1.35. The van der Waals surface area contributed by atoms with Gasteiger partial charge in [0.25, 0.3) is 5.56 Å². The second-order valence-corrected chi connectivity index (χ2v) is 6.99. The third-order valence-electron chi connectivity index (χ3n) is 4.64. The Morgan fingerprint density at radius 2 is 1.82 bits per heavy atom. The van der Waals surface area contributed by atoms with Gasteiger partial charge in [-0.25, -0.2) is 4.98 Å². The van der Waals surface area contributed by atoms with E-state index < -0.39 is 5.56 Å². The SMILES string of the molecule is Cc1ccc(-n2nnc3c(=O)n(CC(=O)c4ccc(Cl)cc4)cnc32)cc1C. The number of halogens is 1. The van der Waals surface area contributed by atoms with Crippen LogP contribution in [0.2, 0.25) is 5.02 Å². The fourth-order valence-corrected chi connectivity index (χ4v) is 3.00. The van der Waals surface area contributed by atoms with E-state index in [2.05, 4.69) is 15.3 Å². The number of nitrogens with zero attached hydrogens (tertiary/aromatic N) is 5. The molecule has 4 rings (SSSR count). The van der Waals surface area contributed by atoms with E-state index in [-0.39, 0.29) is 17.8 Å². The first-order valence-electron chi connectivity index (χ1n) is 8.61. The summed E-state index contributed by atoms with van der Waals surface area (Å²) in [5.41, 5.74) is 3.55. The van der Waals surface area contributed by atoms with Crippen LogP contribution in [0.25, 0.3) is 16.9 Å². The van der Waals surface area contributed by atoms with Crippen LogP contribution in [0.3, 0.4) is 0 Å². The molecule has 0 aliphatic carbocycles. The van der Waals surface area contributed by atoms with Crippen LogP contribution in [-0.2, 0) is 6.54 Å². The Morgan fingerprint density at radius 1 is 1.07 bits per heavy atom. The minimum Gasteiger partial charge on any atom is -0.292 e. The molecule has 0 amide bonds. The summed E-state index contributed by atoms with van der Waals surface area (Å²) in [7, 11) is 0. The number of benzene rings is 2. The highest BCUT2D eigenvalue weighted by Crippen LogP contribution is 2.16. The lowest BCUT2D eigenvalue weighted by Crippen LogP contribution is -2.25. The normalized spacial score (nSPS) is 11.1. The Hall–Kier alpha value is -3.32. The van der Waals surface area contributed by atoms with E-state index in [0.717, 1.165) is 16.8 Å². The molecule has 0 bridgehead atoms. The molecule has 28 heavy (non-hydrogen) atoms. The van der Waals surface area contributed by atoms with Gasteiger partial charge in [0.2, 0.25) is 0 Å². The molecular weight excluding hydrogens is 378 g/mol. The minimum atomic E-state index is -0.414. The van der Waals surface area contributed by atoms with Gasteiger partial charge in [-0.05, 0) is 61.4 Å². The number of aromatic nitrogens is 5. The Balaban J connectivity index is 1.70. The summed E-state index contributed by atoms with van der Waals surface area (Å²) in [5, 5.41) is 8.61. The molecule has 0 spiro atoms. The highest BCUT2D eigenvalue weighted by Gasteiger charge is 2.15. The molecule has 2 aromatic heterocycles. The highest BCUT2D eigenvalue weighted by atomic mass is 35.5. The third-order valence-corrected chi connectivity index (χ3v) is 4.90. The minimum absolute atomic E-state index is 0.115. The van der Waals surface area contributed by atoms with E-state index in [1.54, 1.807) is 24.3 Å². The molecule has 0 aliphatic heterocycles. The van der Waals surface area contributed by atoms with Gasteiger partial charge in [0.15, 0.2) is 16.9 Å². The Morgan fingerprint density at radius 3 is 2.54 bits per heavy atom. The molecule has 0 radical (unpaired) electrons. The van der Waals surface area contributed by atoms with Crippen molar-refractivity contribution in [3.8, 4) is 5.69 Å². The zero-order valence-corrected chi connectivity index (χ0v) is 16.0. The molecule has 2 heterocycles. The lowest BCUT2D eigenvalue weighted by atomic mass is 10.1. The van der Waals surface area contributed by atoms with E-state index in [0.29, 0.717) is 16.2 Å². The molecule has 0 N–H and O–H groups in total. The number of Topliss-reactive ketones (excluding diaryl/α,β-unsaturated/α-hetero) is 1. The number of fused-ring (bicyclic) bond motifs is 1. The summed E-state index contributed by atoms with van der Waals surface area (Å²) >= 11 is 5.84. The number of rotatable bonds is 4. The van der Waals surface area contributed by atoms with Gasteiger partial charge in [-0.1, -0.05) is 22.9 Å². The van der Waals surface area contributed by atoms with Crippen LogP contribution >= 0.6 is 11.6 Å². The molecule has 0 aliphatic rings. The average molecular weight is 394 g/mol. The maximum Gasteiger partial charge on any atom is 0.283 e. The zero-order chi connectivity index (χ0) is 19.8. The molecule has 0 atom stereocenters. The number of aryl methyl sites for hydroxylation is 2. The second kappa shape index (κ2) is 7.01. The molecule has 2 aromatic carbocycles. The van der Waals surface area contributed by atoms with Gasteiger partial charge in [-0.3, -0.25) is 14.2 Å². The van der Waals surface area contributed by atoms with Gasteiger partial charge < -0.3 is 0 Å². The first-order valence-corrected chi connectivity index (χ1v) is 8.99. The molecule has 0 saturated heterocycles. The smallest absolute Gasteiger partial charge is 0.283 e. The number of hydrogen-bond donors (Lipinski definition) is 0. The summed E-state index contributed by atoms with van der Waals surface area (Å²) in [5.74, 6) is -0.221. The van der Waals surface area contributed by atoms with Gasteiger partial charge in [-0.15, -0.1) is 5.10 Å². The molecule has 8 heteroatoms. The Bertz CT molecular complexity index is 1260. The van der Waals surface area contributed by atoms with Crippen molar-refractivity contribution in [1.82, 2.24) is 24.5 Å². The molecule has 140 valence electrons. The van der Waals surface area contributed by atoms with E-state index in [4.69, 9.17) is 11.6 Å². The van der Waals surface area contributed by atoms with Crippen molar-refractivity contribution in [2.24, 2.45) is 0 Å². The van der Waals surface area contributed by atoms with Crippen LogP contribution in [0, 0.1) is 13.8 Å². The molecule has 0 unspecified atom stereocenters. The quantitative estimate of drug-likeness (QED) is 0.497. The van der Waals surface area contributed by atoms with Crippen molar-refractivity contribution in [3.05, 3.63) is 80.9 Å². The van der Waals surface area contributed by atoms with Gasteiger partial charge in [0, 0.05) is 10.6 Å². The molecule has 7 nitrogen and oxygen atoms in total. The zero-order valence-electron chi connectivity index (χ0n) is 15.3. The predicted molar refractivity (Wildman–Crippen MR) is 106 cm³/mol. The van der Waals surface area contributed by atoms with Crippen LogP contribution in [-0.4, -0.2) is 30.3 Å². The highest BCUT2D eigenvalue weighted by molar-refractivity contribution is 6.30. The number of ketones is 1. The monoisotopic (exact) mass is 393 g/mol. The second-order valence-electron chi connectivity index (χ2n) is 6.55. The molecular formula is C20H16ClN5O2. The van der Waals surface area contributed by atoms with Gasteiger partial charge >= 0.3 is 0 Å². The third kappa shape index (κ3) is 3.20. The van der Waals surface area contributed by atoms with E-state index in [1.807, 2.05) is 32.0 Å². The van der Waals surface area contributed by atoms with Crippen LogP contribution in [0.4, 0.5) is 0 Å². The molecule has 0 saturated carbocycles. The van der Waals surface area contributed by atoms with E-state index in [1.165, 1.54) is 15.6 Å². The summed E-state index contributed by atoms with van der Waals surface area (Å²) in [6.45, 7) is 3.88. The van der Waals surface area contributed by atoms with Crippen molar-refractivity contribution in [3.63, 3.8) is 0 Å². The maximum atomic E-state index is 12.7. The van der Waals surface area contributed by atoms with Gasteiger partial charge in [-0.2, -0.15) is 4.68 Å². The lowest BCUT2D eigenvalue weighted by Gasteiger charge is -2.06. The molecule has 4 aromatic rings. The first kappa shape index (κ1) is 18.1. The average Bonchev–Trinajstić information content (AvgIpc) is 3.11. The van der Waals surface area contributed by atoms with E-state index >= 15 is 0 Å². The van der Waals surface area contributed by atoms with E-state index in [9.17, 15) is 9.59 Å². The summed E-state index contributed by atoms with van der Waals surface area (Å²) in [6, 6.07) is 12.3. The summed E-state index contributed by atoms with van der Waals surface area (Å²) in [4.78, 5) is 29.5. The topological polar surface area (TPSA) is 82.7 Å². The van der Waals surface area contributed by atoms with Crippen molar-refractivity contribution < 1.29 is 4.79 Å². The van der Waals surface area contributed by atoms with Crippen molar-refractivity contribution in [2.75, 3.05) is 0 Å². The molecule has 0 fully saturated rings. The largest absolute Gasteiger partial charge is 0.292 e.